The van der Waals surface area contributed by atoms with E-state index in [4.69, 9.17) is 0 Å². The minimum atomic E-state index is -0.666. The van der Waals surface area contributed by atoms with Crippen LogP contribution in [0.4, 0.5) is 51.7 Å². The van der Waals surface area contributed by atoms with Crippen LogP contribution < -0.4 is 9.80 Å². The number of fused-ring (bicyclic) bond motifs is 2. The molecule has 0 atom stereocenters. The highest BCUT2D eigenvalue weighted by atomic mass is 19.1. The van der Waals surface area contributed by atoms with Gasteiger partial charge in [0.2, 0.25) is 0 Å². The second kappa shape index (κ2) is 16.7. The summed E-state index contributed by atoms with van der Waals surface area (Å²) >= 11 is 0. The minimum absolute atomic E-state index is 0.0425. The van der Waals surface area contributed by atoms with E-state index in [9.17, 15) is 10.5 Å². The number of benzene rings is 12. The summed E-state index contributed by atoms with van der Waals surface area (Å²) in [5, 5.41) is 27.9. The Bertz CT molecular complexity index is 3880. The predicted octanol–water partition coefficient (Wildman–Crippen LogP) is 17.5. The molecule has 0 saturated carbocycles. The minimum Gasteiger partial charge on any atom is -0.307 e. The lowest BCUT2D eigenvalue weighted by molar-refractivity contribution is 0.604. The van der Waals surface area contributed by atoms with Crippen molar-refractivity contribution in [3.8, 4) is 34.4 Å². The molecule has 0 aliphatic rings. The van der Waals surface area contributed by atoms with Gasteiger partial charge in [-0.15, -0.1) is 0 Å². The molecule has 8 heteroatoms. The fraction of sp³-hybridized carbons (Fsp3) is 0. The molecule has 0 amide bonds. The van der Waals surface area contributed by atoms with Crippen LogP contribution in [0.15, 0.2) is 206 Å². The normalized spacial score (nSPS) is 11.4. The Balaban J connectivity index is 1.05. The van der Waals surface area contributed by atoms with Crippen LogP contribution in [0.1, 0.15) is 11.1 Å². The van der Waals surface area contributed by atoms with Gasteiger partial charge in [-0.1, -0.05) is 109 Å². The van der Waals surface area contributed by atoms with E-state index in [-0.39, 0.29) is 22.5 Å². The molecule has 12 aromatic carbocycles. The van der Waals surface area contributed by atoms with Gasteiger partial charge >= 0.3 is 0 Å². The molecule has 70 heavy (non-hydrogen) atoms. The zero-order valence-electron chi connectivity index (χ0n) is 36.9. The van der Waals surface area contributed by atoms with E-state index in [0.29, 0.717) is 55.8 Å². The predicted molar refractivity (Wildman–Crippen MR) is 275 cm³/mol. The molecule has 0 aromatic heterocycles. The Morgan fingerprint density at radius 3 is 1.09 bits per heavy atom. The second-order valence-electron chi connectivity index (χ2n) is 17.3. The van der Waals surface area contributed by atoms with Crippen LogP contribution in [-0.2, 0) is 0 Å². The molecule has 0 aliphatic carbocycles. The molecule has 0 aliphatic heterocycles. The van der Waals surface area contributed by atoms with Crippen LogP contribution in [0.3, 0.4) is 0 Å². The van der Waals surface area contributed by atoms with Crippen molar-refractivity contribution in [1.82, 2.24) is 0 Å². The van der Waals surface area contributed by atoms with Crippen LogP contribution in [0.25, 0.3) is 76.1 Å². The van der Waals surface area contributed by atoms with E-state index >= 15 is 17.6 Å². The van der Waals surface area contributed by atoms with E-state index in [2.05, 4.69) is 12.1 Å². The van der Waals surface area contributed by atoms with Crippen molar-refractivity contribution in [2.45, 2.75) is 0 Å². The van der Waals surface area contributed by atoms with E-state index in [1.165, 1.54) is 24.3 Å². The standard InChI is InChI=1S/C62H34F4N4/c63-53-33-59(55(65)31-51(53)45-15-13-39-5-1-3-7-43(39)29-45)69(47-21-9-37(35-67)10-22-47)57-27-19-41-18-26-50-58(28-20-42-17-25-49(57)61(41)62(42)50)70(48-23-11-38(36-68)12-24-48)60-34-54(64)52(32-56(60)66)46-16-14-40-6-2-4-8-44(40)30-46/h1-34H. The number of rotatable bonds is 8. The molecular weight excluding hydrogens is 877 g/mol. The summed E-state index contributed by atoms with van der Waals surface area (Å²) in [5.74, 6) is -2.57. The zero-order valence-corrected chi connectivity index (χ0v) is 36.9. The van der Waals surface area contributed by atoms with Crippen LogP contribution in [0.2, 0.25) is 0 Å². The number of nitrogens with zero attached hydrogens (tertiary/aromatic N) is 4. The average molecular weight is 911 g/mol. The number of hydrogen-bond donors (Lipinski definition) is 0. The monoisotopic (exact) mass is 910 g/mol. The molecule has 4 nitrogen and oxygen atoms in total. The van der Waals surface area contributed by atoms with E-state index in [1.54, 1.807) is 70.5 Å². The summed E-state index contributed by atoms with van der Waals surface area (Å²) in [6.45, 7) is 0. The van der Waals surface area contributed by atoms with Gasteiger partial charge in [0.05, 0.1) is 46.0 Å². The molecule has 0 bridgehead atoms. The van der Waals surface area contributed by atoms with Crippen molar-refractivity contribution in [3.05, 3.63) is 241 Å². The van der Waals surface area contributed by atoms with Gasteiger partial charge in [0, 0.05) is 45.4 Å². The molecule has 12 rings (SSSR count). The summed E-state index contributed by atoms with van der Waals surface area (Å²) in [6, 6.07) is 64.4. The summed E-state index contributed by atoms with van der Waals surface area (Å²) in [6.07, 6.45) is 0. The third kappa shape index (κ3) is 6.98. The van der Waals surface area contributed by atoms with Crippen molar-refractivity contribution in [3.63, 3.8) is 0 Å². The van der Waals surface area contributed by atoms with Gasteiger partial charge < -0.3 is 9.80 Å². The van der Waals surface area contributed by atoms with Crippen molar-refractivity contribution in [1.29, 1.82) is 10.5 Å². The lowest BCUT2D eigenvalue weighted by atomic mass is 9.91. The van der Waals surface area contributed by atoms with Crippen LogP contribution >= 0.6 is 0 Å². The molecule has 0 N–H and O–H groups in total. The number of nitriles is 2. The summed E-state index contributed by atoms with van der Waals surface area (Å²) in [7, 11) is 0. The van der Waals surface area contributed by atoms with E-state index in [0.717, 1.165) is 43.1 Å². The highest BCUT2D eigenvalue weighted by molar-refractivity contribution is 6.28. The van der Waals surface area contributed by atoms with E-state index in [1.807, 2.05) is 121 Å². The van der Waals surface area contributed by atoms with Crippen LogP contribution in [-0.4, -0.2) is 0 Å². The number of anilines is 6. The third-order valence-corrected chi connectivity index (χ3v) is 13.3. The SMILES string of the molecule is N#Cc1ccc(N(c2cc(F)c(-c3ccc4ccccc4c3)cc2F)c2ccc3ccc4c(N(c5ccc(C#N)cc5)c5cc(F)c(-c6ccc7ccccc7c6)cc5F)ccc5ccc2c3c54)cc1. The number of hydrogen-bond acceptors (Lipinski definition) is 4. The van der Waals surface area contributed by atoms with Gasteiger partial charge in [0.15, 0.2) is 0 Å². The van der Waals surface area contributed by atoms with Crippen molar-refractivity contribution in [2.75, 3.05) is 9.80 Å². The Kier molecular flexibility index (Phi) is 9.98. The Morgan fingerprint density at radius 1 is 0.314 bits per heavy atom. The van der Waals surface area contributed by atoms with Crippen molar-refractivity contribution in [2.24, 2.45) is 0 Å². The van der Waals surface area contributed by atoms with Gasteiger partial charge in [0.25, 0.3) is 0 Å². The maximum absolute atomic E-state index is 17.0. The molecule has 12 aromatic rings. The first-order chi connectivity index (χ1) is 34.2. The first kappa shape index (κ1) is 41.9. The van der Waals surface area contributed by atoms with Crippen LogP contribution in [0.5, 0.6) is 0 Å². The topological polar surface area (TPSA) is 54.1 Å². The van der Waals surface area contributed by atoms with Gasteiger partial charge in [-0.3, -0.25) is 0 Å². The van der Waals surface area contributed by atoms with Gasteiger partial charge in [0.1, 0.15) is 23.3 Å². The molecular formula is C62H34F4N4. The molecule has 0 heterocycles. The zero-order chi connectivity index (χ0) is 47.6. The molecule has 0 spiro atoms. The Hall–Kier alpha value is -9.50. The van der Waals surface area contributed by atoms with E-state index < -0.39 is 23.3 Å². The Labute approximate surface area is 399 Å². The van der Waals surface area contributed by atoms with Crippen molar-refractivity contribution < 1.29 is 17.6 Å². The highest BCUT2D eigenvalue weighted by Crippen LogP contribution is 2.49. The van der Waals surface area contributed by atoms with Gasteiger partial charge in [-0.2, -0.15) is 10.5 Å². The first-order valence-electron chi connectivity index (χ1n) is 22.5. The number of halogens is 4. The summed E-state index contributed by atoms with van der Waals surface area (Å²) in [4.78, 5) is 3.32. The highest BCUT2D eigenvalue weighted by Gasteiger charge is 2.26. The second-order valence-corrected chi connectivity index (χ2v) is 17.3. The molecule has 0 radical (unpaired) electrons. The fourth-order valence-corrected chi connectivity index (χ4v) is 9.92. The maximum Gasteiger partial charge on any atom is 0.148 e. The largest absolute Gasteiger partial charge is 0.307 e. The lowest BCUT2D eigenvalue weighted by Crippen LogP contribution is -2.14. The van der Waals surface area contributed by atoms with Gasteiger partial charge in [-0.05, 0) is 139 Å². The summed E-state index contributed by atoms with van der Waals surface area (Å²) < 4.78 is 67.3. The molecule has 0 saturated heterocycles. The smallest absolute Gasteiger partial charge is 0.148 e. The first-order valence-corrected chi connectivity index (χ1v) is 22.5. The molecule has 0 fully saturated rings. The molecule has 0 unspecified atom stereocenters. The maximum atomic E-state index is 17.0. The third-order valence-electron chi connectivity index (χ3n) is 13.3. The van der Waals surface area contributed by atoms with Crippen LogP contribution in [0, 0.1) is 45.9 Å². The van der Waals surface area contributed by atoms with Gasteiger partial charge in [-0.25, -0.2) is 17.6 Å². The average Bonchev–Trinajstić information content (AvgIpc) is 3.40. The quantitative estimate of drug-likeness (QED) is 0.113. The van der Waals surface area contributed by atoms with Crippen molar-refractivity contribution >= 4 is 88.0 Å². The molecule has 330 valence electrons. The lowest BCUT2D eigenvalue weighted by Gasteiger charge is -2.30. The summed E-state index contributed by atoms with van der Waals surface area (Å²) in [5.41, 5.74) is 4.05. The fourth-order valence-electron chi connectivity index (χ4n) is 9.92. The Morgan fingerprint density at radius 2 is 0.686 bits per heavy atom.